The number of rotatable bonds is 4. The minimum absolute atomic E-state index is 0.491. The van der Waals surface area contributed by atoms with Gasteiger partial charge in [-0.1, -0.05) is 42.6 Å². The lowest BCUT2D eigenvalue weighted by Crippen LogP contribution is -2.30. The van der Waals surface area contributed by atoms with Crippen LogP contribution in [0, 0.1) is 11.3 Å². The highest BCUT2D eigenvalue weighted by molar-refractivity contribution is 6.42. The van der Waals surface area contributed by atoms with Crippen LogP contribution in [0.25, 0.3) is 0 Å². The fourth-order valence-electron chi connectivity index (χ4n) is 3.06. The van der Waals surface area contributed by atoms with Crippen molar-refractivity contribution in [3.63, 3.8) is 0 Å². The van der Waals surface area contributed by atoms with Crippen LogP contribution in [0.1, 0.15) is 38.2 Å². The standard InChI is InChI=1S/C15H18Cl2O2/c1-2-10-5-6-15(8-10,14(18)19)9-11-3-4-12(16)13(17)7-11/h3-4,7,10H,2,5-6,8-9H2,1H3,(H,18,19). The quantitative estimate of drug-likeness (QED) is 0.866. The number of carbonyl (C=O) groups is 1. The fourth-order valence-corrected chi connectivity index (χ4v) is 3.38. The summed E-state index contributed by atoms with van der Waals surface area (Å²) in [5.74, 6) is -0.159. The molecule has 0 saturated heterocycles. The van der Waals surface area contributed by atoms with Crippen LogP contribution in [0.2, 0.25) is 10.0 Å². The third-order valence-corrected chi connectivity index (χ3v) is 5.01. The van der Waals surface area contributed by atoms with Gasteiger partial charge in [0.05, 0.1) is 15.5 Å². The molecule has 2 rings (SSSR count). The first-order valence-electron chi connectivity index (χ1n) is 6.64. The van der Waals surface area contributed by atoms with E-state index in [0.29, 0.717) is 22.4 Å². The van der Waals surface area contributed by atoms with Gasteiger partial charge in [0.15, 0.2) is 0 Å². The average Bonchev–Trinajstić information content (AvgIpc) is 2.79. The number of hydrogen-bond acceptors (Lipinski definition) is 1. The molecule has 1 aromatic carbocycles. The Hall–Kier alpha value is -0.730. The van der Waals surface area contributed by atoms with Gasteiger partial charge in [-0.2, -0.15) is 0 Å². The lowest BCUT2D eigenvalue weighted by molar-refractivity contribution is -0.148. The minimum Gasteiger partial charge on any atom is -0.481 e. The minimum atomic E-state index is -0.686. The van der Waals surface area contributed by atoms with E-state index in [1.807, 2.05) is 6.07 Å². The summed E-state index contributed by atoms with van der Waals surface area (Å²) in [6.07, 6.45) is 4.11. The van der Waals surface area contributed by atoms with Crippen LogP contribution in [0.5, 0.6) is 0 Å². The molecule has 2 nitrogen and oxygen atoms in total. The van der Waals surface area contributed by atoms with Gasteiger partial charge in [-0.15, -0.1) is 0 Å². The van der Waals surface area contributed by atoms with Gasteiger partial charge in [-0.3, -0.25) is 4.79 Å². The van der Waals surface area contributed by atoms with Gasteiger partial charge >= 0.3 is 5.97 Å². The largest absolute Gasteiger partial charge is 0.481 e. The maximum Gasteiger partial charge on any atom is 0.309 e. The number of carboxylic acid groups (broad SMARTS) is 1. The van der Waals surface area contributed by atoms with Gasteiger partial charge in [0.25, 0.3) is 0 Å². The highest BCUT2D eigenvalue weighted by Gasteiger charge is 2.44. The molecule has 4 heteroatoms. The summed E-state index contributed by atoms with van der Waals surface area (Å²) in [6.45, 7) is 2.13. The zero-order valence-electron chi connectivity index (χ0n) is 11.0. The van der Waals surface area contributed by atoms with E-state index >= 15 is 0 Å². The molecule has 0 aromatic heterocycles. The van der Waals surface area contributed by atoms with E-state index < -0.39 is 11.4 Å². The Kier molecular flexibility index (Phi) is 4.42. The Balaban J connectivity index is 2.22. The van der Waals surface area contributed by atoms with E-state index in [1.54, 1.807) is 12.1 Å². The van der Waals surface area contributed by atoms with Crippen molar-refractivity contribution in [3.8, 4) is 0 Å². The molecular weight excluding hydrogens is 283 g/mol. The normalized spacial score (nSPS) is 26.6. The second kappa shape index (κ2) is 5.72. The smallest absolute Gasteiger partial charge is 0.309 e. The Morgan fingerprint density at radius 2 is 2.16 bits per heavy atom. The third kappa shape index (κ3) is 3.06. The second-order valence-corrected chi connectivity index (χ2v) is 6.34. The molecule has 1 aliphatic rings. The third-order valence-electron chi connectivity index (χ3n) is 4.27. The van der Waals surface area contributed by atoms with Crippen LogP contribution in [-0.4, -0.2) is 11.1 Å². The topological polar surface area (TPSA) is 37.3 Å². The van der Waals surface area contributed by atoms with E-state index in [0.717, 1.165) is 31.2 Å². The van der Waals surface area contributed by atoms with E-state index in [-0.39, 0.29) is 0 Å². The summed E-state index contributed by atoms with van der Waals surface area (Å²) in [4.78, 5) is 11.7. The Morgan fingerprint density at radius 1 is 1.42 bits per heavy atom. The van der Waals surface area contributed by atoms with Crippen LogP contribution in [-0.2, 0) is 11.2 Å². The molecule has 1 aliphatic carbocycles. The van der Waals surface area contributed by atoms with Gasteiger partial charge in [0.2, 0.25) is 0 Å². The summed E-state index contributed by atoms with van der Waals surface area (Å²) in [5.41, 5.74) is 0.325. The maximum atomic E-state index is 11.7. The van der Waals surface area contributed by atoms with Crippen molar-refractivity contribution < 1.29 is 9.90 Å². The van der Waals surface area contributed by atoms with Gasteiger partial charge in [-0.05, 0) is 49.3 Å². The van der Waals surface area contributed by atoms with Crippen molar-refractivity contribution in [2.24, 2.45) is 11.3 Å². The predicted octanol–water partition coefficient (Wildman–Crippen LogP) is 4.82. The first kappa shape index (κ1) is 14.7. The monoisotopic (exact) mass is 300 g/mol. The van der Waals surface area contributed by atoms with Crippen molar-refractivity contribution in [2.75, 3.05) is 0 Å². The summed E-state index contributed by atoms with van der Waals surface area (Å²) in [7, 11) is 0. The molecule has 19 heavy (non-hydrogen) atoms. The molecule has 0 amide bonds. The zero-order valence-corrected chi connectivity index (χ0v) is 12.5. The molecular formula is C15H18Cl2O2. The molecule has 1 fully saturated rings. The van der Waals surface area contributed by atoms with Crippen molar-refractivity contribution in [1.29, 1.82) is 0 Å². The molecule has 0 heterocycles. The molecule has 0 bridgehead atoms. The van der Waals surface area contributed by atoms with Gasteiger partial charge in [-0.25, -0.2) is 0 Å². The molecule has 0 radical (unpaired) electrons. The Labute approximate surface area is 123 Å². The molecule has 1 saturated carbocycles. The van der Waals surface area contributed by atoms with Crippen molar-refractivity contribution in [3.05, 3.63) is 33.8 Å². The number of hydrogen-bond donors (Lipinski definition) is 1. The highest BCUT2D eigenvalue weighted by Crippen LogP contribution is 2.46. The zero-order chi connectivity index (χ0) is 14.0. The molecule has 104 valence electrons. The summed E-state index contributed by atoms with van der Waals surface area (Å²) in [5, 5.41) is 10.6. The average molecular weight is 301 g/mol. The van der Waals surface area contributed by atoms with Gasteiger partial charge < -0.3 is 5.11 Å². The maximum absolute atomic E-state index is 11.7. The number of carboxylic acids is 1. The molecule has 2 unspecified atom stereocenters. The number of halogens is 2. The summed E-state index contributed by atoms with van der Waals surface area (Å²) in [6, 6.07) is 5.40. The van der Waals surface area contributed by atoms with E-state index in [1.165, 1.54) is 0 Å². The Morgan fingerprint density at radius 3 is 2.68 bits per heavy atom. The molecule has 0 aliphatic heterocycles. The fraction of sp³-hybridized carbons (Fsp3) is 0.533. The van der Waals surface area contributed by atoms with E-state index in [2.05, 4.69) is 6.92 Å². The number of benzene rings is 1. The number of aliphatic carboxylic acids is 1. The summed E-state index contributed by atoms with van der Waals surface area (Å²) >= 11 is 11.9. The highest BCUT2D eigenvalue weighted by atomic mass is 35.5. The molecule has 2 atom stereocenters. The van der Waals surface area contributed by atoms with Crippen LogP contribution >= 0.6 is 23.2 Å². The van der Waals surface area contributed by atoms with Gasteiger partial charge in [0, 0.05) is 0 Å². The molecule has 1 N–H and O–H groups in total. The van der Waals surface area contributed by atoms with Crippen molar-refractivity contribution >= 4 is 29.2 Å². The SMILES string of the molecule is CCC1CCC(Cc2ccc(Cl)c(Cl)c2)(C(=O)O)C1. The molecule has 0 spiro atoms. The van der Waals surface area contributed by atoms with Gasteiger partial charge in [0.1, 0.15) is 0 Å². The summed E-state index contributed by atoms with van der Waals surface area (Å²) < 4.78 is 0. The van der Waals surface area contributed by atoms with E-state index in [9.17, 15) is 9.90 Å². The molecule has 1 aromatic rings. The van der Waals surface area contributed by atoms with Crippen molar-refractivity contribution in [1.82, 2.24) is 0 Å². The Bertz CT molecular complexity index is 487. The van der Waals surface area contributed by atoms with Crippen LogP contribution in [0.3, 0.4) is 0 Å². The second-order valence-electron chi connectivity index (χ2n) is 5.53. The lowest BCUT2D eigenvalue weighted by Gasteiger charge is -2.24. The van der Waals surface area contributed by atoms with Crippen LogP contribution in [0.4, 0.5) is 0 Å². The van der Waals surface area contributed by atoms with Crippen LogP contribution in [0.15, 0.2) is 18.2 Å². The first-order chi connectivity index (χ1) is 8.97. The lowest BCUT2D eigenvalue weighted by atomic mass is 9.79. The predicted molar refractivity (Wildman–Crippen MR) is 77.9 cm³/mol. The van der Waals surface area contributed by atoms with Crippen molar-refractivity contribution in [2.45, 2.75) is 39.0 Å². The van der Waals surface area contributed by atoms with Crippen LogP contribution < -0.4 is 0 Å². The van der Waals surface area contributed by atoms with E-state index in [4.69, 9.17) is 23.2 Å². The first-order valence-corrected chi connectivity index (χ1v) is 7.40.